The Balaban J connectivity index is 1.54. The molecule has 1 fully saturated rings. The number of phenols is 2. The van der Waals surface area contributed by atoms with Crippen molar-refractivity contribution >= 4 is 111 Å². The zero-order valence-corrected chi connectivity index (χ0v) is 74.5. The van der Waals surface area contributed by atoms with E-state index in [1.54, 1.807) is 65.0 Å². The summed E-state index contributed by atoms with van der Waals surface area (Å²) in [4.78, 5) is 261. The number of aliphatic carboxylic acids is 3. The number of carbonyl (C=O) groups is 19. The summed E-state index contributed by atoms with van der Waals surface area (Å²) in [7, 11) is 0. The number of hydrogen-bond donors (Lipinski definition) is 17. The molecule has 8 amide bonds. The molecule has 0 bridgehead atoms. The lowest BCUT2D eigenvalue weighted by molar-refractivity contribution is -0.143. The van der Waals surface area contributed by atoms with Crippen LogP contribution in [0.5, 0.6) is 11.5 Å². The average molecular weight is 1810 g/mol. The fraction of sp³-hybridized carbons (Fsp3) is 0.598. The van der Waals surface area contributed by atoms with Crippen molar-refractivity contribution < 1.29 is 137 Å². The smallest absolute Gasteiger partial charge is 0.304 e. The monoisotopic (exact) mass is 1810 g/mol. The summed E-state index contributed by atoms with van der Waals surface area (Å²) < 4.78 is 0. The molecule has 712 valence electrons. The van der Waals surface area contributed by atoms with Crippen LogP contribution in [0.2, 0.25) is 0 Å². The predicted octanol–water partition coefficient (Wildman–Crippen LogP) is 2.73. The molecule has 37 nitrogen and oxygen atoms in total. The van der Waals surface area contributed by atoms with Crippen molar-refractivity contribution in [2.24, 2.45) is 59.0 Å². The maximum atomic E-state index is 14.8. The highest BCUT2D eigenvalue weighted by Crippen LogP contribution is 2.27. The number of nitrogens with two attached hydrogens (primary N) is 1. The highest BCUT2D eigenvalue weighted by atomic mass is 16.4. The Hall–Kier alpha value is -11.4. The number of nitrogens with zero attached hydrogens (tertiary/aromatic N) is 1. The van der Waals surface area contributed by atoms with Gasteiger partial charge in [0.25, 0.3) is 0 Å². The molecule has 129 heavy (non-hydrogen) atoms. The van der Waals surface area contributed by atoms with Gasteiger partial charge in [-0.05, 0) is 144 Å². The maximum Gasteiger partial charge on any atom is 0.304 e. The number of likely N-dealkylation sites (tertiary alicyclic amines) is 1. The van der Waals surface area contributed by atoms with Gasteiger partial charge in [0.05, 0.1) is 105 Å². The fourth-order valence-electron chi connectivity index (χ4n) is 15.0. The van der Waals surface area contributed by atoms with E-state index in [9.17, 15) is 137 Å². The number of unbranched alkanes of at least 4 members (excludes halogenated alkanes) is 1. The Labute approximate surface area is 750 Å². The Morgan fingerprint density at radius 2 is 0.899 bits per heavy atom. The Bertz CT molecular complexity index is 4290. The summed E-state index contributed by atoms with van der Waals surface area (Å²) in [6.07, 6.45) is -8.32. The van der Waals surface area contributed by atoms with Crippen molar-refractivity contribution in [1.29, 1.82) is 0 Å². The van der Waals surface area contributed by atoms with Crippen LogP contribution in [-0.2, 0) is 110 Å². The number of benzene rings is 3. The minimum atomic E-state index is -1.99. The van der Waals surface area contributed by atoms with Gasteiger partial charge in [-0.25, -0.2) is 0 Å². The summed E-state index contributed by atoms with van der Waals surface area (Å²) in [6.45, 7) is 8.53. The van der Waals surface area contributed by atoms with E-state index in [-0.39, 0.29) is 98.6 Å². The highest BCUT2D eigenvalue weighted by Gasteiger charge is 2.41. The van der Waals surface area contributed by atoms with E-state index in [0.717, 1.165) is 26.7 Å². The van der Waals surface area contributed by atoms with Crippen molar-refractivity contribution in [3.63, 3.8) is 0 Å². The number of amides is 8. The second-order valence-electron chi connectivity index (χ2n) is 34.3. The second kappa shape index (κ2) is 56.8. The summed E-state index contributed by atoms with van der Waals surface area (Å²) >= 11 is 0. The molecule has 16 atom stereocenters. The number of aliphatic hydroxyl groups is 4. The first-order valence-electron chi connectivity index (χ1n) is 44.1. The van der Waals surface area contributed by atoms with Crippen LogP contribution in [0.25, 0.3) is 0 Å². The van der Waals surface area contributed by atoms with Crippen LogP contribution in [0.3, 0.4) is 0 Å². The molecule has 37 heteroatoms. The summed E-state index contributed by atoms with van der Waals surface area (Å²) in [6, 6.07) is 10.5. The van der Waals surface area contributed by atoms with Gasteiger partial charge in [-0.3, -0.25) is 91.1 Å². The van der Waals surface area contributed by atoms with Gasteiger partial charge in [-0.1, -0.05) is 95.1 Å². The summed E-state index contributed by atoms with van der Waals surface area (Å²) in [5.41, 5.74) is 6.78. The third kappa shape index (κ3) is 40.4. The molecule has 0 unspecified atom stereocenters. The van der Waals surface area contributed by atoms with E-state index < -0.39 is 280 Å². The van der Waals surface area contributed by atoms with E-state index in [4.69, 9.17) is 5.73 Å². The molecule has 4 rings (SSSR count). The number of phenolic OH excluding ortho intramolecular Hbond substituents is 2. The number of carboxylic acids is 3. The Morgan fingerprint density at radius 3 is 1.42 bits per heavy atom. The van der Waals surface area contributed by atoms with Gasteiger partial charge in [0.2, 0.25) is 47.3 Å². The number of piperidine rings is 1. The molecular formula is C92H131N9O28. The zero-order chi connectivity index (χ0) is 96.3. The number of carbonyl (C=O) groups excluding carboxylic acids is 16. The number of nitrogens with one attached hydrogen (secondary N) is 7. The molecule has 0 aromatic heterocycles. The summed E-state index contributed by atoms with van der Waals surface area (Å²) in [5, 5.41) is 111. The van der Waals surface area contributed by atoms with Crippen molar-refractivity contribution in [3.8, 4) is 11.5 Å². The van der Waals surface area contributed by atoms with Crippen LogP contribution in [0.1, 0.15) is 206 Å². The quantitative estimate of drug-likeness (QED) is 0.0361. The first kappa shape index (κ1) is 110. The number of aromatic hydroxyl groups is 2. The first-order chi connectivity index (χ1) is 60.9. The topological polar surface area (TPSA) is 620 Å². The normalized spacial score (nSPS) is 15.8. The van der Waals surface area contributed by atoms with Gasteiger partial charge in [0, 0.05) is 95.1 Å². The average Bonchev–Trinajstić information content (AvgIpc) is 0.836. The Kier molecular flexibility index (Phi) is 48.4. The van der Waals surface area contributed by atoms with Gasteiger partial charge in [0.15, 0.2) is 40.5 Å². The molecule has 1 aliphatic heterocycles. The highest BCUT2D eigenvalue weighted by molar-refractivity contribution is 6.01. The predicted molar refractivity (Wildman–Crippen MR) is 466 cm³/mol. The number of ketones is 8. The minimum Gasteiger partial charge on any atom is -0.508 e. The van der Waals surface area contributed by atoms with E-state index in [1.807, 2.05) is 0 Å². The van der Waals surface area contributed by atoms with Crippen LogP contribution < -0.4 is 43.0 Å². The zero-order valence-electron chi connectivity index (χ0n) is 74.5. The molecule has 3 aromatic rings. The van der Waals surface area contributed by atoms with Crippen molar-refractivity contribution in [1.82, 2.24) is 42.1 Å². The van der Waals surface area contributed by atoms with Gasteiger partial charge >= 0.3 is 17.9 Å². The van der Waals surface area contributed by atoms with Gasteiger partial charge < -0.3 is 93.8 Å². The van der Waals surface area contributed by atoms with Crippen LogP contribution in [0.15, 0.2) is 78.9 Å². The molecular weight excluding hydrogens is 1680 g/mol. The minimum absolute atomic E-state index is 0.0261. The molecule has 1 heterocycles. The number of aliphatic hydroxyl groups excluding tert-OH is 4. The Morgan fingerprint density at radius 1 is 0.426 bits per heavy atom. The number of rotatable bonds is 65. The van der Waals surface area contributed by atoms with E-state index in [2.05, 4.69) is 37.2 Å². The van der Waals surface area contributed by atoms with E-state index >= 15 is 0 Å². The van der Waals surface area contributed by atoms with Gasteiger partial charge in [0.1, 0.15) is 23.3 Å². The molecule has 1 aliphatic rings. The van der Waals surface area contributed by atoms with Gasteiger partial charge in [-0.15, -0.1) is 0 Å². The maximum absolute atomic E-state index is 14.8. The van der Waals surface area contributed by atoms with Crippen LogP contribution >= 0.6 is 0 Å². The van der Waals surface area contributed by atoms with Crippen LogP contribution in [0.4, 0.5) is 0 Å². The number of hydrogen-bond acceptors (Lipinski definition) is 26. The molecule has 1 saturated heterocycles. The fourth-order valence-corrected chi connectivity index (χ4v) is 15.0. The second-order valence-corrected chi connectivity index (χ2v) is 34.3. The van der Waals surface area contributed by atoms with Crippen molar-refractivity contribution in [2.75, 3.05) is 39.4 Å². The van der Waals surface area contributed by atoms with E-state index in [1.165, 1.54) is 53.4 Å². The molecule has 3 aromatic carbocycles. The van der Waals surface area contributed by atoms with Gasteiger partial charge in [-0.2, -0.15) is 0 Å². The lowest BCUT2D eigenvalue weighted by atomic mass is 9.85. The number of carboxylic acid groups (broad SMARTS) is 3. The van der Waals surface area contributed by atoms with Crippen LogP contribution in [0, 0.1) is 53.3 Å². The largest absolute Gasteiger partial charge is 0.508 e. The number of Topliss-reactive ketones (excluding diaryl/α,β-unsaturated/α-hetero) is 8. The molecule has 0 saturated carbocycles. The SMILES string of the molecule is CC[C@H](C)[C@H](NC(=O)[C@H](CO)CC(=O)[C@H](Cc1ccc(O)cc1)NC(=O)[C@H](CC(=O)O)CC(=O)[C@H](CO)NC(=O)[C@@H](CC(=O)[C@H](Cc1ccccc1)NC(=O)[C@@H](CC(=O)CNC(=O)[C@H](CCC(=O)O)CC(=O)CCCC(=O)CN1CCCCC1=O)[C@@H](C)O)[C@@H](C)O)C(=O)C[C@@H](Cc1ccc(O)cc1)C(=O)N[C@@H](CC(C)C)C(=O)C[C@@H](CC(=O)O)C(=O)N[C@H](C)CCCCN. The standard InChI is InChI=1S/C92H131N9O28/c1-8-53(4)85(80(115)42-61(36-58-23-28-65(106)29-24-58)88(125)96-72(35-52(2)3)76(111)40-62(44-83(119)120)87(124)95-54(5)17-12-14-33-93)100-90(127)64(50-102)43-77(112)73(38-59-25-30-66(107)31-26-59)97-89(126)63(45-84(121)122)41-78(113)75(51-103)99-92(129)71(56(7)105)47-79(114)74(37-57-18-10-9-11-19-57)98-91(128)70(55(6)104)46-69(110)48-94-86(123)60(27-32-82(117)118)39-67(108)20-16-21-68(109)49-101-34-15-13-22-81(101)116/h9-11,18-19,23-26,28-31,52-56,60-64,70-75,85,102-107H,8,12-17,20-22,27,32-51,93H2,1-7H3,(H,94,123)(H,95,124)(H,96,125)(H,97,126)(H,98,128)(H,99,129)(H,100,127)(H,117,118)(H,119,120)(H,121,122)/t53-,54+,55+,56+,60+,61+,62-,63-,64-,70-,71-,72-,73-,74-,75-,85-/m0/s1. The van der Waals surface area contributed by atoms with E-state index in [0.29, 0.717) is 49.9 Å². The lowest BCUT2D eigenvalue weighted by Gasteiger charge is -2.28. The third-order valence-corrected chi connectivity index (χ3v) is 22.9. The van der Waals surface area contributed by atoms with Crippen LogP contribution in [-0.4, -0.2) is 250 Å². The molecule has 18 N–H and O–H groups in total. The lowest BCUT2D eigenvalue weighted by Crippen LogP contribution is -2.52. The first-order valence-corrected chi connectivity index (χ1v) is 44.1. The summed E-state index contributed by atoms with van der Waals surface area (Å²) in [5.74, 6) is -29.7. The molecule has 0 radical (unpaired) electrons. The molecule has 0 spiro atoms. The van der Waals surface area contributed by atoms with Crippen molar-refractivity contribution in [3.05, 3.63) is 95.6 Å². The third-order valence-electron chi connectivity index (χ3n) is 22.9. The van der Waals surface area contributed by atoms with Crippen molar-refractivity contribution in [2.45, 2.75) is 257 Å². The molecule has 0 aliphatic carbocycles.